The molecule has 0 aromatic rings. The summed E-state index contributed by atoms with van der Waals surface area (Å²) in [4.78, 5) is 14.0. The maximum Gasteiger partial charge on any atom is 1.00 e. The number of carboxylic acid groups (broad SMARTS) is 1. The first-order chi connectivity index (χ1) is 5.43. The number of hydrogen-bond donors (Lipinski definition) is 1. The van der Waals surface area contributed by atoms with E-state index in [1.54, 1.807) is 0 Å². The van der Waals surface area contributed by atoms with Gasteiger partial charge in [-0.3, -0.25) is 4.99 Å². The minimum atomic E-state index is -1.03. The molecule has 1 N–H and O–H groups in total. The first kappa shape index (κ1) is 15.4. The molecule has 4 nitrogen and oxygen atoms in total. The number of carboxylic acids is 1. The molecule has 0 aromatic carbocycles. The van der Waals surface area contributed by atoms with Gasteiger partial charge in [0, 0.05) is 0 Å². The molecule has 0 spiro atoms. The predicted molar refractivity (Wildman–Crippen MR) is 44.0 cm³/mol. The fourth-order valence-corrected chi connectivity index (χ4v) is 0.875. The molecule has 0 saturated heterocycles. The molecule has 0 aromatic heterocycles. The summed E-state index contributed by atoms with van der Waals surface area (Å²) in [6, 6.07) is -0.873. The van der Waals surface area contributed by atoms with Gasteiger partial charge in [-0.1, -0.05) is 13.8 Å². The van der Waals surface area contributed by atoms with E-state index in [-0.39, 0.29) is 35.5 Å². The number of rotatable bonds is 4. The van der Waals surface area contributed by atoms with Gasteiger partial charge in [-0.2, -0.15) is 0 Å². The molecule has 0 fully saturated rings. The van der Waals surface area contributed by atoms with E-state index in [4.69, 9.17) is 5.11 Å². The number of carbonyl (C=O) groups is 1. The summed E-state index contributed by atoms with van der Waals surface area (Å²) in [6.07, 6.45) is 0.412. The van der Waals surface area contributed by atoms with Crippen LogP contribution in [0.4, 0.5) is 0 Å². The third-order valence-electron chi connectivity index (χ3n) is 1.32. The van der Waals surface area contributed by atoms with Gasteiger partial charge in [0.05, 0.1) is 0 Å². The van der Waals surface area contributed by atoms with Crippen molar-refractivity contribution in [1.82, 2.24) is 0 Å². The molecule has 0 bridgehead atoms. The molecule has 5 heteroatoms. The van der Waals surface area contributed by atoms with Crippen LogP contribution in [0.1, 0.15) is 27.2 Å². The van der Waals surface area contributed by atoms with E-state index in [2.05, 4.69) is 4.99 Å². The molecular formula is C8H14NNaO3. The van der Waals surface area contributed by atoms with Crippen molar-refractivity contribution in [1.29, 1.82) is 0 Å². The van der Waals surface area contributed by atoms with Crippen molar-refractivity contribution in [3.05, 3.63) is 0 Å². The Morgan fingerprint density at radius 2 is 2.00 bits per heavy atom. The fraction of sp³-hybridized carbons (Fsp3) is 0.750. The second kappa shape index (κ2) is 7.35. The molecule has 1 unspecified atom stereocenters. The monoisotopic (exact) mass is 195 g/mol. The SMILES string of the molecule is CC([O-])=NC(CC(C)C)C(=O)O.[Na+]. The van der Waals surface area contributed by atoms with E-state index in [0.717, 1.165) is 0 Å². The van der Waals surface area contributed by atoms with Crippen molar-refractivity contribution in [2.45, 2.75) is 33.2 Å². The predicted octanol–water partition coefficient (Wildman–Crippen LogP) is -2.73. The van der Waals surface area contributed by atoms with Crippen LogP contribution in [0.15, 0.2) is 4.99 Å². The third-order valence-corrected chi connectivity index (χ3v) is 1.32. The van der Waals surface area contributed by atoms with E-state index in [0.29, 0.717) is 6.42 Å². The molecule has 1 atom stereocenters. The molecule has 13 heavy (non-hydrogen) atoms. The average molecular weight is 195 g/mol. The van der Waals surface area contributed by atoms with Crippen LogP contribution in [0.25, 0.3) is 0 Å². The zero-order valence-corrected chi connectivity index (χ0v) is 10.6. The third kappa shape index (κ3) is 8.28. The summed E-state index contributed by atoms with van der Waals surface area (Å²) in [5, 5.41) is 19.1. The summed E-state index contributed by atoms with van der Waals surface area (Å²) < 4.78 is 0. The Morgan fingerprint density at radius 1 is 1.54 bits per heavy atom. The topological polar surface area (TPSA) is 72.7 Å². The molecule has 0 saturated carbocycles. The largest absolute Gasteiger partial charge is 1.00 e. The Kier molecular flexibility index (Phi) is 8.72. The smallest absolute Gasteiger partial charge is 0.862 e. The van der Waals surface area contributed by atoms with E-state index in [1.807, 2.05) is 13.8 Å². The number of aliphatic imine (C=N–C) groups is 1. The van der Waals surface area contributed by atoms with Gasteiger partial charge in [0.2, 0.25) is 0 Å². The van der Waals surface area contributed by atoms with E-state index in [9.17, 15) is 9.90 Å². The summed E-state index contributed by atoms with van der Waals surface area (Å²) >= 11 is 0. The minimum Gasteiger partial charge on any atom is -0.862 e. The first-order valence-electron chi connectivity index (χ1n) is 3.87. The normalized spacial score (nSPS) is 13.7. The summed E-state index contributed by atoms with van der Waals surface area (Å²) in [5.41, 5.74) is 0. The van der Waals surface area contributed by atoms with Gasteiger partial charge in [-0.15, -0.1) is 0 Å². The zero-order valence-electron chi connectivity index (χ0n) is 8.57. The van der Waals surface area contributed by atoms with Crippen molar-refractivity contribution in [3.8, 4) is 0 Å². The summed E-state index contributed by atoms with van der Waals surface area (Å²) in [7, 11) is 0. The molecule has 0 radical (unpaired) electrons. The van der Waals surface area contributed by atoms with Gasteiger partial charge in [-0.25, -0.2) is 4.79 Å². The number of nitrogens with zero attached hydrogens (tertiary/aromatic N) is 1. The Balaban J connectivity index is 0. The Morgan fingerprint density at radius 3 is 2.23 bits per heavy atom. The van der Waals surface area contributed by atoms with Gasteiger partial charge >= 0.3 is 35.5 Å². The van der Waals surface area contributed by atoms with Crippen molar-refractivity contribution < 1.29 is 44.6 Å². The Hall–Kier alpha value is -0.0600. The molecule has 0 heterocycles. The maximum atomic E-state index is 10.5. The molecule has 0 aliphatic carbocycles. The van der Waals surface area contributed by atoms with Gasteiger partial charge in [0.15, 0.2) is 0 Å². The average Bonchev–Trinajstić information content (AvgIpc) is 1.83. The van der Waals surface area contributed by atoms with Crippen LogP contribution >= 0.6 is 0 Å². The molecule has 0 amide bonds. The van der Waals surface area contributed by atoms with Crippen LogP contribution in [0.5, 0.6) is 0 Å². The quantitative estimate of drug-likeness (QED) is 0.301. The van der Waals surface area contributed by atoms with Crippen LogP contribution in [0, 0.1) is 5.92 Å². The standard InChI is InChI=1S/C8H15NO3.Na/c1-5(2)4-7(8(11)12)9-6(3)10;/h5,7H,4H2,1-3H3,(H,9,10)(H,11,12);/q;+1/p-1. The van der Waals surface area contributed by atoms with E-state index >= 15 is 0 Å². The van der Waals surface area contributed by atoms with Crippen LogP contribution in [0.2, 0.25) is 0 Å². The van der Waals surface area contributed by atoms with E-state index < -0.39 is 17.9 Å². The second-order valence-corrected chi connectivity index (χ2v) is 3.13. The molecular weight excluding hydrogens is 181 g/mol. The van der Waals surface area contributed by atoms with Crippen LogP contribution in [-0.4, -0.2) is 23.0 Å². The molecule has 70 valence electrons. The first-order valence-corrected chi connectivity index (χ1v) is 3.87. The van der Waals surface area contributed by atoms with E-state index in [1.165, 1.54) is 6.92 Å². The van der Waals surface area contributed by atoms with Gasteiger partial charge in [0.25, 0.3) is 0 Å². The second-order valence-electron chi connectivity index (χ2n) is 3.13. The Bertz CT molecular complexity index is 188. The fourth-order valence-electron chi connectivity index (χ4n) is 0.875. The molecule has 0 aliphatic heterocycles. The van der Waals surface area contributed by atoms with Crippen molar-refractivity contribution in [2.24, 2.45) is 10.9 Å². The summed E-state index contributed by atoms with van der Waals surface area (Å²) in [5.74, 6) is -1.23. The van der Waals surface area contributed by atoms with Crippen molar-refractivity contribution >= 4 is 11.9 Å². The maximum absolute atomic E-state index is 10.5. The number of hydrogen-bond acceptors (Lipinski definition) is 3. The summed E-state index contributed by atoms with van der Waals surface area (Å²) in [6.45, 7) is 5.05. The van der Waals surface area contributed by atoms with Crippen LogP contribution < -0.4 is 34.7 Å². The van der Waals surface area contributed by atoms with Crippen LogP contribution in [-0.2, 0) is 4.79 Å². The Labute approximate surface area is 100 Å². The number of aliphatic carboxylic acids is 1. The van der Waals surface area contributed by atoms with Crippen LogP contribution in [0.3, 0.4) is 0 Å². The van der Waals surface area contributed by atoms with Gasteiger partial charge in [0.1, 0.15) is 6.04 Å². The molecule has 0 aliphatic rings. The van der Waals surface area contributed by atoms with Crippen molar-refractivity contribution in [2.75, 3.05) is 0 Å². The van der Waals surface area contributed by atoms with Gasteiger partial charge < -0.3 is 10.2 Å². The zero-order chi connectivity index (χ0) is 9.72. The van der Waals surface area contributed by atoms with Crippen molar-refractivity contribution in [3.63, 3.8) is 0 Å². The molecule has 0 rings (SSSR count). The van der Waals surface area contributed by atoms with Gasteiger partial charge in [-0.05, 0) is 25.2 Å². The minimum absolute atomic E-state index is 0.